The molecule has 0 radical (unpaired) electrons. The van der Waals surface area contributed by atoms with Crippen molar-refractivity contribution in [3.8, 4) is 16.8 Å². The Hall–Kier alpha value is -8.08. The number of hydrogen-bond acceptors (Lipinski definition) is 2. The summed E-state index contributed by atoms with van der Waals surface area (Å²) in [7, 11) is 0. The highest BCUT2D eigenvalue weighted by molar-refractivity contribution is 7.26. The third-order valence-corrected chi connectivity index (χ3v) is 20.0. The van der Waals surface area contributed by atoms with Gasteiger partial charge < -0.3 is 4.57 Å². The predicted octanol–water partition coefficient (Wildman–Crippen LogP) is 20.3. The Morgan fingerprint density at radius 1 is 0.513 bits per heavy atom. The first-order valence-electron chi connectivity index (χ1n) is 27.3. The molecule has 3 heteroatoms. The fraction of sp³-hybridized carbons (Fsp3) is 0.123. The molecule has 0 saturated heterocycles. The number of aromatic nitrogens is 1. The zero-order valence-electron chi connectivity index (χ0n) is 42.2. The van der Waals surface area contributed by atoms with Crippen LogP contribution in [-0.4, -0.2) is 4.57 Å². The predicted molar refractivity (Wildman–Crippen MR) is 326 cm³/mol. The van der Waals surface area contributed by atoms with E-state index in [2.05, 4.69) is 235 Å². The molecule has 0 bridgehead atoms. The van der Waals surface area contributed by atoms with Crippen LogP contribution in [0.2, 0.25) is 0 Å². The van der Waals surface area contributed by atoms with E-state index in [-0.39, 0.29) is 11.8 Å². The average molecular weight is 1010 g/mol. The van der Waals surface area contributed by atoms with Gasteiger partial charge in [0.05, 0.1) is 11.0 Å². The zero-order valence-corrected chi connectivity index (χ0v) is 43.8. The van der Waals surface area contributed by atoms with Gasteiger partial charge in [-0.15, -0.1) is 22.7 Å². The van der Waals surface area contributed by atoms with Crippen molar-refractivity contribution in [2.45, 2.75) is 50.4 Å². The molecule has 0 fully saturated rings. The molecule has 76 heavy (non-hydrogen) atoms. The molecule has 3 heterocycles. The van der Waals surface area contributed by atoms with E-state index in [4.69, 9.17) is 0 Å². The maximum absolute atomic E-state index is 2.55. The first-order valence-corrected chi connectivity index (χ1v) is 29.0. The number of allylic oxidation sites excluding steroid dienone is 12. The summed E-state index contributed by atoms with van der Waals surface area (Å²) in [5, 5.41) is 6.65. The van der Waals surface area contributed by atoms with Crippen LogP contribution in [0.3, 0.4) is 0 Å². The lowest BCUT2D eigenvalue weighted by Crippen LogP contribution is -2.23. The molecule has 0 saturated carbocycles. The molecule has 8 aromatic carbocycles. The molecular weight excluding hydrogens is 955 g/mol. The van der Waals surface area contributed by atoms with Crippen LogP contribution in [0.1, 0.15) is 87.8 Å². The summed E-state index contributed by atoms with van der Waals surface area (Å²) in [5.74, 6) is 0.754. The largest absolute Gasteiger partial charge is 0.309 e. The Morgan fingerprint density at radius 3 is 2.13 bits per heavy atom. The Bertz CT molecular complexity index is 4470. The second-order valence-electron chi connectivity index (χ2n) is 21.5. The van der Waals surface area contributed by atoms with Gasteiger partial charge in [-0.05, 0) is 170 Å². The lowest BCUT2D eigenvalue weighted by molar-refractivity contribution is 0.647. The summed E-state index contributed by atoms with van der Waals surface area (Å²) in [6, 6.07) is 67.2. The number of benzene rings is 8. The van der Waals surface area contributed by atoms with Crippen LogP contribution in [0.15, 0.2) is 241 Å². The van der Waals surface area contributed by atoms with Crippen molar-refractivity contribution in [1.29, 1.82) is 0 Å². The number of thiophene rings is 2. The van der Waals surface area contributed by atoms with Gasteiger partial charge in [0, 0.05) is 64.0 Å². The van der Waals surface area contributed by atoms with Gasteiger partial charge in [0.25, 0.3) is 0 Å². The van der Waals surface area contributed by atoms with Gasteiger partial charge in [0.15, 0.2) is 0 Å². The molecule has 5 aliphatic carbocycles. The smallest absolute Gasteiger partial charge is 0.0541 e. The van der Waals surface area contributed by atoms with E-state index in [1.807, 2.05) is 22.7 Å². The average Bonchev–Trinajstić information content (AvgIpc) is 4.15. The molecule has 0 aliphatic heterocycles. The number of nitrogens with zero attached hydrogens (tertiary/aromatic N) is 1. The van der Waals surface area contributed by atoms with Crippen molar-refractivity contribution in [3.05, 3.63) is 285 Å². The number of hydrogen-bond donors (Lipinski definition) is 0. The highest BCUT2D eigenvalue weighted by atomic mass is 32.1. The fourth-order valence-corrected chi connectivity index (χ4v) is 16.5. The van der Waals surface area contributed by atoms with Crippen LogP contribution < -0.4 is 0 Å². The van der Waals surface area contributed by atoms with Crippen molar-refractivity contribution in [1.82, 2.24) is 4.57 Å². The minimum atomic E-state index is 0.195. The minimum Gasteiger partial charge on any atom is -0.309 e. The molecule has 1 nitrogen and oxygen atoms in total. The van der Waals surface area contributed by atoms with E-state index in [9.17, 15) is 0 Å². The van der Waals surface area contributed by atoms with Gasteiger partial charge in [-0.25, -0.2) is 0 Å². The molecule has 362 valence electrons. The van der Waals surface area contributed by atoms with Crippen molar-refractivity contribution in [3.63, 3.8) is 0 Å². The topological polar surface area (TPSA) is 4.93 Å². The summed E-state index contributed by atoms with van der Waals surface area (Å²) < 4.78 is 6.59. The number of fused-ring (bicyclic) bond motifs is 12. The van der Waals surface area contributed by atoms with Crippen LogP contribution >= 0.6 is 22.7 Å². The molecule has 0 spiro atoms. The summed E-state index contributed by atoms with van der Waals surface area (Å²) in [4.78, 5) is 1.49. The van der Waals surface area contributed by atoms with Crippen molar-refractivity contribution in [2.24, 2.45) is 5.92 Å². The maximum Gasteiger partial charge on any atom is 0.0541 e. The van der Waals surface area contributed by atoms with Gasteiger partial charge in [-0.2, -0.15) is 0 Å². The first-order chi connectivity index (χ1) is 37.7. The van der Waals surface area contributed by atoms with Gasteiger partial charge >= 0.3 is 0 Å². The molecule has 3 atom stereocenters. The standard InChI is InChI=1S/C73H53NS2/c1-2-15-49-42-50(33-30-45(49)14-1)46-28-31-47(32-29-46)70-58-19-4-6-21-60(58)71(61-22-7-5-20-59(61)70)48-34-38-53(39-35-48)74-66-40-36-51(54-16-3-8-23-62-56-17-9-11-26-68(56)75-72(54)62)43-64(66)65-44-52(37-41-67(65)74)55-24-13-25-63-57-18-10-12-27-69(57)76-73(55)63/h1-2,4-15,17-28,31,34-44,54,60,71H,3,16,29-30,32-33H2. The first kappa shape index (κ1) is 44.2. The van der Waals surface area contributed by atoms with Crippen LogP contribution in [0.25, 0.3) is 86.6 Å². The maximum atomic E-state index is 2.55. The Kier molecular flexibility index (Phi) is 10.3. The molecule has 16 rings (SSSR count). The second kappa shape index (κ2) is 17.8. The molecule has 3 aromatic heterocycles. The van der Waals surface area contributed by atoms with Gasteiger partial charge in [0.2, 0.25) is 0 Å². The summed E-state index contributed by atoms with van der Waals surface area (Å²) in [6.45, 7) is 0. The molecule has 5 aliphatic rings. The third kappa shape index (κ3) is 7.02. The summed E-state index contributed by atoms with van der Waals surface area (Å²) in [5.41, 5.74) is 23.4. The van der Waals surface area contributed by atoms with E-state index in [1.54, 1.807) is 0 Å². The summed E-state index contributed by atoms with van der Waals surface area (Å²) in [6.07, 6.45) is 28.1. The van der Waals surface area contributed by atoms with E-state index < -0.39 is 0 Å². The van der Waals surface area contributed by atoms with Crippen LogP contribution in [0, 0.1) is 5.92 Å². The second-order valence-corrected chi connectivity index (χ2v) is 23.7. The molecular formula is C73H53NS2. The van der Waals surface area contributed by atoms with Gasteiger partial charge in [-0.3, -0.25) is 0 Å². The van der Waals surface area contributed by atoms with Crippen LogP contribution in [0.5, 0.6) is 0 Å². The van der Waals surface area contributed by atoms with Crippen LogP contribution in [-0.2, 0) is 6.42 Å². The molecule has 0 N–H and O–H groups in total. The van der Waals surface area contributed by atoms with Crippen molar-refractivity contribution in [2.75, 3.05) is 0 Å². The third-order valence-electron chi connectivity index (χ3n) is 17.5. The number of aryl methyl sites for hydroxylation is 1. The summed E-state index contributed by atoms with van der Waals surface area (Å²) >= 11 is 3.89. The minimum absolute atomic E-state index is 0.195. The van der Waals surface area contributed by atoms with Gasteiger partial charge in [-0.1, -0.05) is 182 Å². The molecule has 3 unspecified atom stereocenters. The molecule has 11 aromatic rings. The lowest BCUT2D eigenvalue weighted by Gasteiger charge is -2.38. The van der Waals surface area contributed by atoms with Crippen molar-refractivity contribution >= 4 is 92.5 Å². The van der Waals surface area contributed by atoms with E-state index in [0.29, 0.717) is 5.92 Å². The Labute approximate surface area is 451 Å². The highest BCUT2D eigenvalue weighted by Gasteiger charge is 2.36. The molecule has 0 amide bonds. The van der Waals surface area contributed by atoms with Crippen LogP contribution in [0.4, 0.5) is 0 Å². The monoisotopic (exact) mass is 1010 g/mol. The fourth-order valence-electron chi connectivity index (χ4n) is 13.9. The number of rotatable bonds is 6. The normalized spacial score (nSPS) is 18.9. The van der Waals surface area contributed by atoms with Gasteiger partial charge in [0.1, 0.15) is 0 Å². The van der Waals surface area contributed by atoms with E-state index >= 15 is 0 Å². The highest BCUT2D eigenvalue weighted by Crippen LogP contribution is 2.53. The van der Waals surface area contributed by atoms with E-state index in [0.717, 1.165) is 38.5 Å². The Balaban J connectivity index is 0.807. The van der Waals surface area contributed by atoms with E-state index in [1.165, 1.54) is 141 Å². The zero-order chi connectivity index (χ0) is 49.8. The van der Waals surface area contributed by atoms with Crippen molar-refractivity contribution < 1.29 is 0 Å². The SMILES string of the molecule is C1=CC2=C(C3=CC=C(C4=Cc5ccccc5CC4)CC3)c3ccccc3C(c3ccc(-n4c5ccc(-c6cccc7c6sc6ccccc67)cc5c5cc(C6CCC=Cc7c6sc6ccccc76)ccc54)cc3)C2C=C1. The Morgan fingerprint density at radius 2 is 1.24 bits per heavy atom. The lowest BCUT2D eigenvalue weighted by atomic mass is 9.66. The quantitative estimate of drug-likeness (QED) is 0.156.